The Morgan fingerprint density at radius 2 is 0.931 bits per heavy atom. The number of rotatable bonds is 10. The normalized spacial score (nSPS) is 14.9. The Balaban J connectivity index is 4.69. The molecule has 4 heteroatoms. The SMILES string of the molecule is COC(=O)\C=C/C=C(C)\C=C\C=C(C)\C=C/C=C(C)/C=C\C=C(C)\C=C/C(=O)O. The summed E-state index contributed by atoms with van der Waals surface area (Å²) in [5, 5.41) is 8.58. The summed E-state index contributed by atoms with van der Waals surface area (Å²) in [6, 6.07) is 0. The van der Waals surface area contributed by atoms with Crippen LogP contribution in [-0.4, -0.2) is 24.2 Å². The Hall–Kier alpha value is -3.40. The quantitative estimate of drug-likeness (QED) is 0.288. The number of carboxylic acids is 1. The molecule has 154 valence electrons. The number of allylic oxidation sites excluding steroid dienone is 16. The van der Waals surface area contributed by atoms with E-state index in [-0.39, 0.29) is 5.97 Å². The topological polar surface area (TPSA) is 63.6 Å². The molecule has 0 aliphatic carbocycles. The summed E-state index contributed by atoms with van der Waals surface area (Å²) in [5.41, 5.74) is 4.05. The summed E-state index contributed by atoms with van der Waals surface area (Å²) in [4.78, 5) is 21.4. The van der Waals surface area contributed by atoms with Crippen LogP contribution in [0, 0.1) is 0 Å². The van der Waals surface area contributed by atoms with Gasteiger partial charge in [0.2, 0.25) is 0 Å². The molecule has 0 heterocycles. The maximum Gasteiger partial charge on any atom is 0.330 e. The minimum Gasteiger partial charge on any atom is -0.478 e. The lowest BCUT2D eigenvalue weighted by molar-refractivity contribution is -0.135. The van der Waals surface area contributed by atoms with Gasteiger partial charge in [0.15, 0.2) is 0 Å². The molecule has 0 bridgehead atoms. The van der Waals surface area contributed by atoms with E-state index in [4.69, 9.17) is 5.11 Å². The fourth-order valence-corrected chi connectivity index (χ4v) is 1.83. The van der Waals surface area contributed by atoms with E-state index < -0.39 is 5.97 Å². The summed E-state index contributed by atoms with van der Waals surface area (Å²) in [5.74, 6) is -1.33. The van der Waals surface area contributed by atoms with Gasteiger partial charge in [0.05, 0.1) is 7.11 Å². The van der Waals surface area contributed by atoms with E-state index in [2.05, 4.69) is 4.74 Å². The number of carbonyl (C=O) groups excluding carboxylic acids is 1. The second-order valence-corrected chi connectivity index (χ2v) is 6.27. The Morgan fingerprint density at radius 3 is 1.28 bits per heavy atom. The number of aliphatic carboxylic acids is 1. The molecule has 0 saturated heterocycles. The third-order valence-electron chi connectivity index (χ3n) is 3.44. The van der Waals surface area contributed by atoms with E-state index in [9.17, 15) is 9.59 Å². The monoisotopic (exact) mass is 394 g/mol. The van der Waals surface area contributed by atoms with Crippen LogP contribution in [0.3, 0.4) is 0 Å². The van der Waals surface area contributed by atoms with Gasteiger partial charge in [0.1, 0.15) is 0 Å². The first-order chi connectivity index (χ1) is 13.7. The predicted octanol–water partition coefficient (Wildman–Crippen LogP) is 5.81. The van der Waals surface area contributed by atoms with Crippen LogP contribution >= 0.6 is 0 Å². The van der Waals surface area contributed by atoms with Gasteiger partial charge < -0.3 is 9.84 Å². The van der Waals surface area contributed by atoms with Gasteiger partial charge in [-0.2, -0.15) is 0 Å². The molecule has 0 radical (unpaired) electrons. The molecule has 0 saturated carbocycles. The van der Waals surface area contributed by atoms with Crippen molar-refractivity contribution in [3.63, 3.8) is 0 Å². The second-order valence-electron chi connectivity index (χ2n) is 6.27. The molecule has 1 N–H and O–H groups in total. The third kappa shape index (κ3) is 16.5. The molecule has 0 aliphatic rings. The fourth-order valence-electron chi connectivity index (χ4n) is 1.83. The van der Waals surface area contributed by atoms with Crippen molar-refractivity contribution in [2.45, 2.75) is 27.7 Å². The highest BCUT2D eigenvalue weighted by Crippen LogP contribution is 2.03. The van der Waals surface area contributed by atoms with E-state index in [0.717, 1.165) is 28.4 Å². The first-order valence-corrected chi connectivity index (χ1v) is 9.13. The van der Waals surface area contributed by atoms with Crippen LogP contribution in [-0.2, 0) is 14.3 Å². The molecule has 0 fully saturated rings. The van der Waals surface area contributed by atoms with Crippen molar-refractivity contribution in [3.05, 3.63) is 107 Å². The summed E-state index contributed by atoms with van der Waals surface area (Å²) in [6.45, 7) is 7.79. The summed E-state index contributed by atoms with van der Waals surface area (Å²) < 4.78 is 4.52. The van der Waals surface area contributed by atoms with Crippen molar-refractivity contribution in [1.82, 2.24) is 0 Å². The van der Waals surface area contributed by atoms with Crippen LogP contribution in [0.4, 0.5) is 0 Å². The van der Waals surface area contributed by atoms with E-state index in [0.29, 0.717) is 0 Å². The number of methoxy groups -OCH3 is 1. The number of hydrogen-bond donors (Lipinski definition) is 1. The van der Waals surface area contributed by atoms with E-state index in [1.54, 1.807) is 12.2 Å². The van der Waals surface area contributed by atoms with Crippen molar-refractivity contribution in [1.29, 1.82) is 0 Å². The number of hydrogen-bond acceptors (Lipinski definition) is 3. The molecule has 0 aromatic rings. The smallest absolute Gasteiger partial charge is 0.330 e. The number of ether oxygens (including phenoxy) is 1. The molecular formula is C25H30O4. The molecule has 0 unspecified atom stereocenters. The highest BCUT2D eigenvalue weighted by molar-refractivity contribution is 5.82. The van der Waals surface area contributed by atoms with Crippen molar-refractivity contribution < 1.29 is 19.4 Å². The number of carbonyl (C=O) groups is 2. The van der Waals surface area contributed by atoms with Crippen LogP contribution < -0.4 is 0 Å². The minimum absolute atomic E-state index is 0.377. The molecule has 4 nitrogen and oxygen atoms in total. The molecule has 0 atom stereocenters. The lowest BCUT2D eigenvalue weighted by atomic mass is 10.2. The van der Waals surface area contributed by atoms with Gasteiger partial charge >= 0.3 is 11.9 Å². The first-order valence-electron chi connectivity index (χ1n) is 9.13. The van der Waals surface area contributed by atoms with Crippen molar-refractivity contribution in [2.24, 2.45) is 0 Å². The van der Waals surface area contributed by atoms with E-state index in [1.807, 2.05) is 88.5 Å². The molecule has 0 aromatic heterocycles. The largest absolute Gasteiger partial charge is 0.478 e. The molecule has 0 aliphatic heterocycles. The van der Waals surface area contributed by atoms with Crippen LogP contribution in [0.25, 0.3) is 0 Å². The summed E-state index contributed by atoms with van der Waals surface area (Å²) >= 11 is 0. The third-order valence-corrected chi connectivity index (χ3v) is 3.44. The van der Waals surface area contributed by atoms with Crippen molar-refractivity contribution >= 4 is 11.9 Å². The molecule has 0 rings (SSSR count). The maximum atomic E-state index is 11.0. The van der Waals surface area contributed by atoms with Gasteiger partial charge in [-0.1, -0.05) is 95.2 Å². The average molecular weight is 395 g/mol. The zero-order valence-corrected chi connectivity index (χ0v) is 17.8. The minimum atomic E-state index is -0.956. The molecular weight excluding hydrogens is 364 g/mol. The van der Waals surface area contributed by atoms with Gasteiger partial charge in [-0.15, -0.1) is 0 Å². The Bertz CT molecular complexity index is 823. The molecule has 0 aromatic carbocycles. The Morgan fingerprint density at radius 1 is 0.586 bits per heavy atom. The van der Waals surface area contributed by atoms with Gasteiger partial charge in [0, 0.05) is 12.2 Å². The van der Waals surface area contributed by atoms with E-state index >= 15 is 0 Å². The van der Waals surface area contributed by atoms with Crippen LogP contribution in [0.15, 0.2) is 107 Å². The summed E-state index contributed by atoms with van der Waals surface area (Å²) in [7, 11) is 1.35. The van der Waals surface area contributed by atoms with Crippen molar-refractivity contribution in [2.75, 3.05) is 7.11 Å². The summed E-state index contributed by atoms with van der Waals surface area (Å²) in [6.07, 6.45) is 25.1. The van der Waals surface area contributed by atoms with Gasteiger partial charge in [-0.3, -0.25) is 0 Å². The standard InChI is InChI=1S/C25H30O4/c1-20(12-7-13-22(3)16-9-17-25(28)29-5)10-6-11-21(2)14-8-15-23(4)18-19-24(26)27/h6-19H,1-5H3,(H,26,27)/b10-6-,13-7+,14-8-,17-9-,19-18-,20-12+,21-11+,22-16-,23-15+. The van der Waals surface area contributed by atoms with Gasteiger partial charge in [-0.25, -0.2) is 9.59 Å². The molecule has 29 heavy (non-hydrogen) atoms. The number of carboxylic acid groups (broad SMARTS) is 1. The zero-order chi connectivity index (χ0) is 22.1. The number of esters is 1. The first kappa shape index (κ1) is 25.6. The van der Waals surface area contributed by atoms with Gasteiger partial charge in [0.25, 0.3) is 0 Å². The highest BCUT2D eigenvalue weighted by Gasteiger charge is 1.88. The zero-order valence-electron chi connectivity index (χ0n) is 17.8. The van der Waals surface area contributed by atoms with Gasteiger partial charge in [-0.05, 0) is 27.7 Å². The second kappa shape index (κ2) is 15.6. The lowest BCUT2D eigenvalue weighted by Gasteiger charge is -1.91. The average Bonchev–Trinajstić information content (AvgIpc) is 2.66. The Kier molecular flexibility index (Phi) is 13.8. The molecule has 0 amide bonds. The lowest BCUT2D eigenvalue weighted by Crippen LogP contribution is -1.92. The van der Waals surface area contributed by atoms with Crippen LogP contribution in [0.5, 0.6) is 0 Å². The van der Waals surface area contributed by atoms with Crippen LogP contribution in [0.2, 0.25) is 0 Å². The van der Waals surface area contributed by atoms with Crippen molar-refractivity contribution in [3.8, 4) is 0 Å². The molecule has 0 spiro atoms. The van der Waals surface area contributed by atoms with E-state index in [1.165, 1.54) is 13.2 Å². The fraction of sp³-hybridized carbons (Fsp3) is 0.200. The highest BCUT2D eigenvalue weighted by atomic mass is 16.5. The maximum absolute atomic E-state index is 11.0. The Labute approximate surface area is 174 Å². The van der Waals surface area contributed by atoms with Crippen LogP contribution in [0.1, 0.15) is 27.7 Å². The predicted molar refractivity (Wildman–Crippen MR) is 120 cm³/mol.